The molecule has 0 spiro atoms. The maximum absolute atomic E-state index is 12.1. The summed E-state index contributed by atoms with van der Waals surface area (Å²) in [4.78, 5) is 12.1. The molecule has 0 aliphatic carbocycles. The van der Waals surface area contributed by atoms with Crippen molar-refractivity contribution < 1.29 is 9.32 Å². The predicted molar refractivity (Wildman–Crippen MR) is 82.1 cm³/mol. The summed E-state index contributed by atoms with van der Waals surface area (Å²) < 4.78 is 6.86. The van der Waals surface area contributed by atoms with E-state index in [9.17, 15) is 4.79 Å². The number of rotatable bonds is 5. The first-order valence-electron chi connectivity index (χ1n) is 7.02. The van der Waals surface area contributed by atoms with Crippen LogP contribution in [0.3, 0.4) is 0 Å². The van der Waals surface area contributed by atoms with Crippen LogP contribution in [0.4, 0.5) is 5.69 Å². The summed E-state index contributed by atoms with van der Waals surface area (Å²) in [7, 11) is 0. The van der Waals surface area contributed by atoms with Crippen LogP contribution in [0.25, 0.3) is 11.3 Å². The van der Waals surface area contributed by atoms with Crippen molar-refractivity contribution in [3.63, 3.8) is 0 Å². The number of nitrogens with one attached hydrogen (secondary N) is 1. The maximum atomic E-state index is 12.1. The van der Waals surface area contributed by atoms with Gasteiger partial charge in [-0.2, -0.15) is 5.10 Å². The van der Waals surface area contributed by atoms with E-state index < -0.39 is 0 Å². The lowest BCUT2D eigenvalue weighted by Crippen LogP contribution is -2.17. The summed E-state index contributed by atoms with van der Waals surface area (Å²) in [6.07, 6.45) is 5.52. The van der Waals surface area contributed by atoms with Crippen LogP contribution >= 0.6 is 0 Å². The lowest BCUT2D eigenvalue weighted by Gasteiger charge is -2.12. The van der Waals surface area contributed by atoms with E-state index in [0.29, 0.717) is 12.2 Å². The Labute approximate surface area is 127 Å². The highest BCUT2D eigenvalue weighted by Gasteiger charge is 2.11. The van der Waals surface area contributed by atoms with Crippen LogP contribution in [0.2, 0.25) is 0 Å². The predicted octanol–water partition coefficient (Wildman–Crippen LogP) is 3.13. The molecule has 112 valence electrons. The third-order valence-electron chi connectivity index (χ3n) is 3.35. The zero-order chi connectivity index (χ0) is 15.4. The quantitative estimate of drug-likeness (QED) is 0.785. The second-order valence-electron chi connectivity index (χ2n) is 5.04. The first-order chi connectivity index (χ1) is 10.7. The van der Waals surface area contributed by atoms with Crippen molar-refractivity contribution in [3.8, 4) is 11.3 Å². The molecule has 2 heterocycles. The van der Waals surface area contributed by atoms with E-state index in [2.05, 4.69) is 15.6 Å². The monoisotopic (exact) mass is 296 g/mol. The van der Waals surface area contributed by atoms with Crippen molar-refractivity contribution in [1.29, 1.82) is 0 Å². The minimum absolute atomic E-state index is 0.0171. The molecule has 6 heteroatoms. The standard InChI is InChI=1S/C16H16N4O2/c1-12(20-10-2-8-17-20)11-16(21)19-14-5-3-13(4-6-14)15-7-9-18-22-15/h2-10,12H,11H2,1H3,(H,19,21)/t12-/m0/s1. The highest BCUT2D eigenvalue weighted by molar-refractivity contribution is 5.91. The first-order valence-corrected chi connectivity index (χ1v) is 7.02. The smallest absolute Gasteiger partial charge is 0.226 e. The molecule has 0 fully saturated rings. The Balaban J connectivity index is 1.60. The van der Waals surface area contributed by atoms with Crippen molar-refractivity contribution in [3.05, 3.63) is 55.0 Å². The second kappa shape index (κ2) is 6.26. The van der Waals surface area contributed by atoms with E-state index in [4.69, 9.17) is 4.52 Å². The van der Waals surface area contributed by atoms with Crippen LogP contribution in [0, 0.1) is 0 Å². The first kappa shape index (κ1) is 14.1. The zero-order valence-corrected chi connectivity index (χ0v) is 12.1. The molecule has 0 saturated heterocycles. The molecule has 3 rings (SSSR count). The summed E-state index contributed by atoms with van der Waals surface area (Å²) in [6.45, 7) is 1.96. The molecule has 1 amide bonds. The fraction of sp³-hybridized carbons (Fsp3) is 0.188. The molecule has 1 N–H and O–H groups in total. The molecular weight excluding hydrogens is 280 g/mol. The third kappa shape index (κ3) is 3.22. The summed E-state index contributed by atoms with van der Waals surface area (Å²) in [5.41, 5.74) is 1.67. The molecule has 0 unspecified atom stereocenters. The average Bonchev–Trinajstić information content (AvgIpc) is 3.21. The van der Waals surface area contributed by atoms with Crippen LogP contribution in [-0.2, 0) is 4.79 Å². The molecule has 3 aromatic rings. The zero-order valence-electron chi connectivity index (χ0n) is 12.1. The van der Waals surface area contributed by atoms with E-state index in [1.54, 1.807) is 23.1 Å². The van der Waals surface area contributed by atoms with Crippen LogP contribution in [-0.4, -0.2) is 20.8 Å². The molecule has 0 aliphatic heterocycles. The fourth-order valence-electron chi connectivity index (χ4n) is 2.20. The van der Waals surface area contributed by atoms with Gasteiger partial charge in [0, 0.05) is 36.1 Å². The van der Waals surface area contributed by atoms with E-state index >= 15 is 0 Å². The number of benzene rings is 1. The van der Waals surface area contributed by atoms with Gasteiger partial charge in [0.05, 0.1) is 12.2 Å². The van der Waals surface area contributed by atoms with Gasteiger partial charge in [-0.05, 0) is 37.3 Å². The van der Waals surface area contributed by atoms with E-state index in [-0.39, 0.29) is 11.9 Å². The minimum Gasteiger partial charge on any atom is -0.356 e. The Morgan fingerprint density at radius 2 is 2.09 bits per heavy atom. The Bertz CT molecular complexity index is 718. The number of nitrogens with zero attached hydrogens (tertiary/aromatic N) is 3. The number of carbonyl (C=O) groups is 1. The van der Waals surface area contributed by atoms with Gasteiger partial charge < -0.3 is 9.84 Å². The topological polar surface area (TPSA) is 73.0 Å². The van der Waals surface area contributed by atoms with Crippen LogP contribution in [0.1, 0.15) is 19.4 Å². The van der Waals surface area contributed by atoms with Gasteiger partial charge in [0.15, 0.2) is 5.76 Å². The lowest BCUT2D eigenvalue weighted by atomic mass is 10.1. The Kier molecular flexibility index (Phi) is 4.00. The van der Waals surface area contributed by atoms with Crippen LogP contribution < -0.4 is 5.32 Å². The number of hydrogen-bond acceptors (Lipinski definition) is 4. The van der Waals surface area contributed by atoms with Gasteiger partial charge in [-0.1, -0.05) is 5.16 Å². The van der Waals surface area contributed by atoms with E-state index in [0.717, 1.165) is 11.3 Å². The van der Waals surface area contributed by atoms with Crippen molar-refractivity contribution in [2.24, 2.45) is 0 Å². The van der Waals surface area contributed by atoms with E-state index in [1.165, 1.54) is 0 Å². The number of hydrogen-bond donors (Lipinski definition) is 1. The number of carbonyl (C=O) groups excluding carboxylic acids is 1. The van der Waals surface area contributed by atoms with Gasteiger partial charge in [0.2, 0.25) is 5.91 Å². The van der Waals surface area contributed by atoms with Crippen LogP contribution in [0.15, 0.2) is 59.5 Å². The molecule has 22 heavy (non-hydrogen) atoms. The molecular formula is C16H16N4O2. The van der Waals surface area contributed by atoms with E-state index in [1.807, 2.05) is 43.5 Å². The Morgan fingerprint density at radius 1 is 1.27 bits per heavy atom. The number of aromatic nitrogens is 3. The molecule has 1 atom stereocenters. The van der Waals surface area contributed by atoms with Crippen LogP contribution in [0.5, 0.6) is 0 Å². The summed E-state index contributed by atoms with van der Waals surface area (Å²) in [6, 6.07) is 11.1. The van der Waals surface area contributed by atoms with Crippen molar-refractivity contribution in [2.75, 3.05) is 5.32 Å². The molecule has 2 aromatic heterocycles. The Morgan fingerprint density at radius 3 is 2.73 bits per heavy atom. The van der Waals surface area contributed by atoms with Gasteiger partial charge in [0.1, 0.15) is 0 Å². The highest BCUT2D eigenvalue weighted by atomic mass is 16.5. The number of amides is 1. The molecule has 6 nitrogen and oxygen atoms in total. The third-order valence-corrected chi connectivity index (χ3v) is 3.35. The maximum Gasteiger partial charge on any atom is 0.226 e. The largest absolute Gasteiger partial charge is 0.356 e. The van der Waals surface area contributed by atoms with Gasteiger partial charge in [-0.15, -0.1) is 0 Å². The molecule has 0 aliphatic rings. The van der Waals surface area contributed by atoms with Crippen molar-refractivity contribution in [2.45, 2.75) is 19.4 Å². The molecule has 1 aromatic carbocycles. The van der Waals surface area contributed by atoms with Gasteiger partial charge >= 0.3 is 0 Å². The minimum atomic E-state index is -0.0459. The fourth-order valence-corrected chi connectivity index (χ4v) is 2.20. The Hall–Kier alpha value is -2.89. The van der Waals surface area contributed by atoms with Gasteiger partial charge in [0.25, 0.3) is 0 Å². The summed E-state index contributed by atoms with van der Waals surface area (Å²) in [5.74, 6) is 0.653. The normalized spacial score (nSPS) is 12.0. The summed E-state index contributed by atoms with van der Waals surface area (Å²) >= 11 is 0. The van der Waals surface area contributed by atoms with Crippen molar-refractivity contribution >= 4 is 11.6 Å². The molecule has 0 radical (unpaired) electrons. The SMILES string of the molecule is C[C@@H](CC(=O)Nc1ccc(-c2ccno2)cc1)n1cccn1. The van der Waals surface area contributed by atoms with Gasteiger partial charge in [-0.25, -0.2) is 0 Å². The number of anilines is 1. The van der Waals surface area contributed by atoms with Crippen molar-refractivity contribution in [1.82, 2.24) is 14.9 Å². The lowest BCUT2D eigenvalue weighted by molar-refractivity contribution is -0.116. The second-order valence-corrected chi connectivity index (χ2v) is 5.04. The molecule has 0 bridgehead atoms. The summed E-state index contributed by atoms with van der Waals surface area (Å²) in [5, 5.41) is 10.7. The molecule has 0 saturated carbocycles. The highest BCUT2D eigenvalue weighted by Crippen LogP contribution is 2.21. The average molecular weight is 296 g/mol. The van der Waals surface area contributed by atoms with Gasteiger partial charge in [-0.3, -0.25) is 9.48 Å².